The summed E-state index contributed by atoms with van der Waals surface area (Å²) in [7, 11) is 0. The average molecular weight is 462 g/mol. The van der Waals surface area contributed by atoms with E-state index in [9.17, 15) is 9.90 Å². The molecule has 8 heteroatoms. The van der Waals surface area contributed by atoms with Crippen LogP contribution in [-0.4, -0.2) is 33.6 Å². The van der Waals surface area contributed by atoms with Crippen molar-refractivity contribution in [3.63, 3.8) is 0 Å². The number of benzene rings is 1. The number of carbonyl (C=O) groups excluding carboxylic acids is 1. The summed E-state index contributed by atoms with van der Waals surface area (Å²) in [5, 5.41) is 23.5. The van der Waals surface area contributed by atoms with E-state index in [-0.39, 0.29) is 12.4 Å². The zero-order chi connectivity index (χ0) is 24.2. The molecule has 2 aromatic rings. The number of terminal acetylenes is 2. The van der Waals surface area contributed by atoms with Crippen LogP contribution < -0.4 is 5.73 Å². The molecule has 0 fully saturated rings. The van der Waals surface area contributed by atoms with E-state index in [2.05, 4.69) is 46.9 Å². The number of ketones is 1. The molecule has 1 heterocycles. The van der Waals surface area contributed by atoms with Crippen LogP contribution in [0.5, 0.6) is 0 Å². The summed E-state index contributed by atoms with van der Waals surface area (Å²) < 4.78 is 0. The van der Waals surface area contributed by atoms with Crippen LogP contribution in [0, 0.1) is 25.1 Å². The Balaban J connectivity index is 0.00000104. The van der Waals surface area contributed by atoms with Crippen LogP contribution in [-0.2, 0) is 22.6 Å². The second kappa shape index (κ2) is 17.8. The Kier molecular flexibility index (Phi) is 16.2. The summed E-state index contributed by atoms with van der Waals surface area (Å²) in [5.74, 6) is 0.233. The smallest absolute Gasteiger partial charge is 0.172 e. The van der Waals surface area contributed by atoms with E-state index in [1.54, 1.807) is 11.3 Å². The van der Waals surface area contributed by atoms with Gasteiger partial charge in [-0.1, -0.05) is 43.2 Å². The Labute approximate surface area is 193 Å². The summed E-state index contributed by atoms with van der Waals surface area (Å²) in [5.41, 5.74) is 6.73. The molecule has 0 bridgehead atoms. The number of aryl methyl sites for hydroxylation is 2. The zero-order valence-corrected chi connectivity index (χ0v) is 19.0. The Morgan fingerprint density at radius 2 is 1.66 bits per heavy atom. The topological polar surface area (TPSA) is 122 Å². The van der Waals surface area contributed by atoms with Gasteiger partial charge in [0.15, 0.2) is 18.0 Å². The fourth-order valence-electron chi connectivity index (χ4n) is 2.53. The standard InChI is InChI=1S/C20H27NO2S.2C2H2O2/c1-20(21,15-22)14-13-17-11-12-19(24-17)18(23)10-6-5-9-16-7-3-2-4-8-16;2*1-2-4-3/h2-4,7-8,11-12,22H,5-6,9-10,13-15,21H2,1H3;2*1,3H/t20-;;/m1../s1. The number of hydrogen-bond acceptors (Lipinski definition) is 8. The van der Waals surface area contributed by atoms with E-state index in [0.717, 1.165) is 35.4 Å². The Morgan fingerprint density at radius 1 is 1.06 bits per heavy atom. The monoisotopic (exact) mass is 461 g/mol. The van der Waals surface area contributed by atoms with Gasteiger partial charge in [0.1, 0.15) is 0 Å². The van der Waals surface area contributed by atoms with Crippen molar-refractivity contribution in [1.29, 1.82) is 0 Å². The molecular formula is C24H31NO6S. The first-order valence-electron chi connectivity index (χ1n) is 9.91. The lowest BCUT2D eigenvalue weighted by Crippen LogP contribution is -2.40. The van der Waals surface area contributed by atoms with Gasteiger partial charge in [-0.15, -0.1) is 11.3 Å². The van der Waals surface area contributed by atoms with E-state index < -0.39 is 5.54 Å². The van der Waals surface area contributed by atoms with Crippen molar-refractivity contribution in [3.05, 3.63) is 57.8 Å². The van der Waals surface area contributed by atoms with Gasteiger partial charge < -0.3 is 10.8 Å². The predicted octanol–water partition coefficient (Wildman–Crippen LogP) is 4.12. The van der Waals surface area contributed by atoms with Crippen molar-refractivity contribution in [3.8, 4) is 25.1 Å². The second-order valence-electron chi connectivity index (χ2n) is 7.11. The predicted molar refractivity (Wildman–Crippen MR) is 126 cm³/mol. The minimum atomic E-state index is -0.550. The van der Waals surface area contributed by atoms with Gasteiger partial charge in [0.25, 0.3) is 0 Å². The maximum Gasteiger partial charge on any atom is 0.172 e. The van der Waals surface area contributed by atoms with Crippen LogP contribution in [0.2, 0.25) is 0 Å². The van der Waals surface area contributed by atoms with E-state index in [1.165, 1.54) is 17.8 Å². The molecule has 1 aromatic carbocycles. The van der Waals surface area contributed by atoms with Crippen molar-refractivity contribution >= 4 is 17.1 Å². The number of Topliss-reactive ketones (excluding diaryl/α,β-unsaturated/α-hetero) is 1. The summed E-state index contributed by atoms with van der Waals surface area (Å²) >= 11 is 1.56. The molecule has 0 amide bonds. The average Bonchev–Trinajstić information content (AvgIpc) is 3.31. The SMILES string of the molecule is C#COO.C#COO.C[C@](N)(CO)CCc1ccc(C(=O)CCCCc2ccccc2)s1. The molecule has 0 saturated heterocycles. The molecule has 0 aliphatic heterocycles. The van der Waals surface area contributed by atoms with Crippen molar-refractivity contribution in [2.45, 2.75) is 51.0 Å². The summed E-state index contributed by atoms with van der Waals surface area (Å²) in [6.45, 7) is 1.82. The number of unbranched alkanes of at least 4 members (excludes halogenated alkanes) is 1. The molecule has 7 nitrogen and oxygen atoms in total. The van der Waals surface area contributed by atoms with Crippen LogP contribution in [0.1, 0.15) is 52.7 Å². The zero-order valence-electron chi connectivity index (χ0n) is 18.2. The maximum absolute atomic E-state index is 12.3. The first-order valence-corrected chi connectivity index (χ1v) is 10.7. The number of nitrogens with two attached hydrogens (primary N) is 1. The number of rotatable bonds is 10. The molecule has 0 saturated carbocycles. The van der Waals surface area contributed by atoms with E-state index in [1.807, 2.05) is 25.1 Å². The number of hydrogen-bond donors (Lipinski definition) is 4. The highest BCUT2D eigenvalue weighted by Gasteiger charge is 2.17. The van der Waals surface area contributed by atoms with Crippen molar-refractivity contribution in [1.82, 2.24) is 0 Å². The minimum Gasteiger partial charge on any atom is -0.394 e. The highest BCUT2D eigenvalue weighted by Crippen LogP contribution is 2.22. The summed E-state index contributed by atoms with van der Waals surface area (Å²) in [4.78, 5) is 20.4. The van der Waals surface area contributed by atoms with Gasteiger partial charge >= 0.3 is 0 Å². The molecular weight excluding hydrogens is 430 g/mol. The molecule has 0 aliphatic carbocycles. The molecule has 0 unspecified atom stereocenters. The third-order valence-corrected chi connectivity index (χ3v) is 5.49. The number of thiophene rings is 1. The highest BCUT2D eigenvalue weighted by molar-refractivity contribution is 7.14. The minimum absolute atomic E-state index is 0.0222. The molecule has 0 radical (unpaired) electrons. The van der Waals surface area contributed by atoms with Crippen molar-refractivity contribution in [2.75, 3.05) is 6.61 Å². The van der Waals surface area contributed by atoms with Gasteiger partial charge in [-0.3, -0.25) is 14.6 Å². The highest BCUT2D eigenvalue weighted by atomic mass is 32.1. The quantitative estimate of drug-likeness (QED) is 0.138. The fourth-order valence-corrected chi connectivity index (χ4v) is 3.51. The number of carbonyl (C=O) groups is 1. The Morgan fingerprint density at radius 3 is 2.19 bits per heavy atom. The van der Waals surface area contributed by atoms with Crippen LogP contribution in [0.3, 0.4) is 0 Å². The second-order valence-corrected chi connectivity index (χ2v) is 8.28. The van der Waals surface area contributed by atoms with E-state index >= 15 is 0 Å². The van der Waals surface area contributed by atoms with Crippen LogP contribution >= 0.6 is 11.3 Å². The lowest BCUT2D eigenvalue weighted by molar-refractivity contribution is -0.171. The lowest BCUT2D eigenvalue weighted by atomic mass is 9.98. The van der Waals surface area contributed by atoms with Crippen molar-refractivity contribution < 1.29 is 30.2 Å². The summed E-state index contributed by atoms with van der Waals surface area (Å²) in [6.07, 6.45) is 16.7. The lowest BCUT2D eigenvalue weighted by Gasteiger charge is -2.20. The molecule has 32 heavy (non-hydrogen) atoms. The molecule has 1 aromatic heterocycles. The number of aliphatic hydroxyl groups excluding tert-OH is 1. The molecule has 5 N–H and O–H groups in total. The maximum atomic E-state index is 12.3. The van der Waals surface area contributed by atoms with Gasteiger partial charge in [-0.05, 0) is 56.7 Å². The molecule has 0 aliphatic rings. The molecule has 1 atom stereocenters. The first-order chi connectivity index (χ1) is 15.3. The Bertz CT molecular complexity index is 822. The van der Waals surface area contributed by atoms with E-state index in [0.29, 0.717) is 12.8 Å². The normalized spacial score (nSPS) is 11.2. The van der Waals surface area contributed by atoms with Gasteiger partial charge in [0, 0.05) is 16.8 Å². The van der Waals surface area contributed by atoms with Gasteiger partial charge in [0.05, 0.1) is 11.5 Å². The Hall–Kier alpha value is -2.85. The third-order valence-electron chi connectivity index (χ3n) is 4.31. The third kappa shape index (κ3) is 14.2. The van der Waals surface area contributed by atoms with Gasteiger partial charge in [-0.25, -0.2) is 0 Å². The molecule has 0 spiro atoms. The largest absolute Gasteiger partial charge is 0.394 e. The van der Waals surface area contributed by atoms with Crippen molar-refractivity contribution in [2.24, 2.45) is 5.73 Å². The van der Waals surface area contributed by atoms with Crippen LogP contribution in [0.15, 0.2) is 42.5 Å². The molecule has 2 rings (SSSR count). The van der Waals surface area contributed by atoms with Gasteiger partial charge in [-0.2, -0.15) is 10.5 Å². The fraction of sp³-hybridized carbons (Fsp3) is 0.375. The number of aliphatic hydroxyl groups is 1. The van der Waals surface area contributed by atoms with Crippen LogP contribution in [0.25, 0.3) is 0 Å². The van der Waals surface area contributed by atoms with Gasteiger partial charge in [0.2, 0.25) is 0 Å². The summed E-state index contributed by atoms with van der Waals surface area (Å²) in [6, 6.07) is 14.3. The molecule has 174 valence electrons. The first kappa shape index (κ1) is 29.1. The van der Waals surface area contributed by atoms with E-state index in [4.69, 9.17) is 16.2 Å². The van der Waals surface area contributed by atoms with Crippen LogP contribution in [0.4, 0.5) is 0 Å².